The zero-order valence-corrected chi connectivity index (χ0v) is 12.3. The number of rotatable bonds is 5. The van der Waals surface area contributed by atoms with Crippen LogP contribution in [0.5, 0.6) is 0 Å². The highest BCUT2D eigenvalue weighted by Gasteiger charge is 2.29. The minimum absolute atomic E-state index is 0.158. The summed E-state index contributed by atoms with van der Waals surface area (Å²) in [6, 6.07) is 3.59. The molecule has 1 N–H and O–H groups in total. The molecule has 0 bridgehead atoms. The first-order valence-corrected chi connectivity index (χ1v) is 7.39. The van der Waals surface area contributed by atoms with Crippen molar-refractivity contribution < 1.29 is 9.90 Å². The average molecular weight is 313 g/mol. The molecule has 0 aliphatic heterocycles. The van der Waals surface area contributed by atoms with E-state index in [1.54, 1.807) is 6.07 Å². The summed E-state index contributed by atoms with van der Waals surface area (Å²) in [5.74, 6) is 0.747. The lowest BCUT2D eigenvalue weighted by molar-refractivity contribution is -0.137. The summed E-state index contributed by atoms with van der Waals surface area (Å²) in [5, 5.41) is 9.76. The third-order valence-corrected chi connectivity index (χ3v) is 4.26. The summed E-state index contributed by atoms with van der Waals surface area (Å²) in [6.45, 7) is 0.645. The van der Waals surface area contributed by atoms with E-state index in [0.717, 1.165) is 29.7 Å². The van der Waals surface area contributed by atoms with E-state index in [9.17, 15) is 4.79 Å². The van der Waals surface area contributed by atoms with Gasteiger partial charge in [-0.1, -0.05) is 23.2 Å². The van der Waals surface area contributed by atoms with E-state index >= 15 is 0 Å². The maximum Gasteiger partial charge on any atom is 0.303 e. The van der Waals surface area contributed by atoms with Gasteiger partial charge in [0.25, 0.3) is 0 Å². The topological polar surface area (TPSA) is 55.1 Å². The average Bonchev–Trinajstić information content (AvgIpc) is 3.16. The van der Waals surface area contributed by atoms with Gasteiger partial charge in [-0.25, -0.2) is 4.98 Å². The van der Waals surface area contributed by atoms with E-state index < -0.39 is 5.97 Å². The second-order valence-electron chi connectivity index (χ2n) is 5.15. The second kappa shape index (κ2) is 5.26. The molecule has 1 saturated carbocycles. The Kier molecular flexibility index (Phi) is 3.61. The summed E-state index contributed by atoms with van der Waals surface area (Å²) < 4.78 is 2.10. The highest BCUT2D eigenvalue weighted by atomic mass is 35.5. The molecule has 1 heterocycles. The van der Waals surface area contributed by atoms with Crippen LogP contribution in [0.3, 0.4) is 0 Å². The summed E-state index contributed by atoms with van der Waals surface area (Å²) in [4.78, 5) is 15.3. The molecule has 2 aromatic rings. The first-order valence-electron chi connectivity index (χ1n) is 6.63. The van der Waals surface area contributed by atoms with Gasteiger partial charge in [0.05, 0.1) is 21.1 Å². The molecular weight excluding hydrogens is 299 g/mol. The van der Waals surface area contributed by atoms with Gasteiger partial charge in [-0.15, -0.1) is 0 Å². The van der Waals surface area contributed by atoms with E-state index in [-0.39, 0.29) is 6.42 Å². The fourth-order valence-electron chi connectivity index (χ4n) is 2.42. The molecular formula is C14H14Cl2N2O2. The number of aromatic nitrogens is 2. The van der Waals surface area contributed by atoms with Gasteiger partial charge < -0.3 is 9.67 Å². The molecule has 1 aliphatic carbocycles. The number of halogens is 2. The fraction of sp³-hybridized carbons (Fsp3) is 0.429. The number of carboxylic acid groups (broad SMARTS) is 1. The van der Waals surface area contributed by atoms with Gasteiger partial charge in [0.2, 0.25) is 0 Å². The van der Waals surface area contributed by atoms with E-state index in [2.05, 4.69) is 9.55 Å². The number of aliphatic carboxylic acids is 1. The molecule has 0 atom stereocenters. The van der Waals surface area contributed by atoms with E-state index in [4.69, 9.17) is 28.3 Å². The third kappa shape index (κ3) is 2.63. The Bertz CT molecular complexity index is 677. The van der Waals surface area contributed by atoms with E-state index in [0.29, 0.717) is 28.9 Å². The highest BCUT2D eigenvalue weighted by molar-refractivity contribution is 6.42. The number of aryl methyl sites for hydroxylation is 1. The minimum atomic E-state index is -0.775. The van der Waals surface area contributed by atoms with Crippen molar-refractivity contribution in [3.05, 3.63) is 28.0 Å². The van der Waals surface area contributed by atoms with Gasteiger partial charge >= 0.3 is 5.97 Å². The number of carboxylic acids is 1. The molecule has 0 radical (unpaired) electrons. The van der Waals surface area contributed by atoms with Crippen molar-refractivity contribution in [1.29, 1.82) is 0 Å². The van der Waals surface area contributed by atoms with Gasteiger partial charge in [-0.05, 0) is 31.4 Å². The molecule has 0 saturated heterocycles. The summed E-state index contributed by atoms with van der Waals surface area (Å²) in [5.41, 5.74) is 1.77. The zero-order valence-electron chi connectivity index (χ0n) is 10.8. The Balaban J connectivity index is 1.99. The molecule has 20 heavy (non-hydrogen) atoms. The van der Waals surface area contributed by atoms with Crippen molar-refractivity contribution in [2.75, 3.05) is 0 Å². The van der Waals surface area contributed by atoms with Crippen LogP contribution < -0.4 is 0 Å². The third-order valence-electron chi connectivity index (χ3n) is 3.53. The molecule has 1 aliphatic rings. The molecule has 0 spiro atoms. The SMILES string of the molecule is O=C(O)CCCn1c(C2CC2)nc2cc(Cl)c(Cl)cc21. The van der Waals surface area contributed by atoms with Crippen molar-refractivity contribution in [1.82, 2.24) is 9.55 Å². The maximum absolute atomic E-state index is 10.7. The summed E-state index contributed by atoms with van der Waals surface area (Å²) >= 11 is 12.1. The van der Waals surface area contributed by atoms with Gasteiger partial charge in [0, 0.05) is 18.9 Å². The Morgan fingerprint density at radius 3 is 2.70 bits per heavy atom. The van der Waals surface area contributed by atoms with Crippen LogP contribution >= 0.6 is 23.2 Å². The predicted octanol–water partition coefficient (Wildman–Crippen LogP) is 4.09. The van der Waals surface area contributed by atoms with Crippen LogP contribution in [0.4, 0.5) is 0 Å². The molecule has 1 fully saturated rings. The lowest BCUT2D eigenvalue weighted by Crippen LogP contribution is -2.05. The van der Waals surface area contributed by atoms with Crippen molar-refractivity contribution in [3.63, 3.8) is 0 Å². The molecule has 3 rings (SSSR count). The summed E-state index contributed by atoms with van der Waals surface area (Å²) in [6.07, 6.45) is 3.03. The van der Waals surface area contributed by atoms with Gasteiger partial charge in [0.15, 0.2) is 0 Å². The van der Waals surface area contributed by atoms with E-state index in [1.807, 2.05) is 6.07 Å². The van der Waals surface area contributed by atoms with Crippen molar-refractivity contribution >= 4 is 40.2 Å². The number of fused-ring (bicyclic) bond motifs is 1. The maximum atomic E-state index is 10.7. The Morgan fingerprint density at radius 2 is 2.05 bits per heavy atom. The van der Waals surface area contributed by atoms with Crippen LogP contribution in [0.25, 0.3) is 11.0 Å². The molecule has 6 heteroatoms. The van der Waals surface area contributed by atoms with Crippen LogP contribution in [0.15, 0.2) is 12.1 Å². The largest absolute Gasteiger partial charge is 0.481 e. The molecule has 0 unspecified atom stereocenters. The van der Waals surface area contributed by atoms with Crippen LogP contribution in [0.1, 0.15) is 37.4 Å². The minimum Gasteiger partial charge on any atom is -0.481 e. The van der Waals surface area contributed by atoms with E-state index in [1.165, 1.54) is 0 Å². The second-order valence-corrected chi connectivity index (χ2v) is 5.96. The number of hydrogen-bond acceptors (Lipinski definition) is 2. The number of carbonyl (C=O) groups is 1. The molecule has 1 aromatic heterocycles. The lowest BCUT2D eigenvalue weighted by atomic mass is 10.2. The predicted molar refractivity (Wildman–Crippen MR) is 78.6 cm³/mol. The standard InChI is InChI=1S/C14H14Cl2N2O2/c15-9-6-11-12(7-10(9)16)18(5-1-2-13(19)20)14(17-11)8-3-4-8/h6-8H,1-5H2,(H,19,20). The first kappa shape index (κ1) is 13.7. The number of hydrogen-bond donors (Lipinski definition) is 1. The molecule has 0 amide bonds. The van der Waals surface area contributed by atoms with Crippen LogP contribution in [-0.4, -0.2) is 20.6 Å². The highest BCUT2D eigenvalue weighted by Crippen LogP contribution is 2.41. The Morgan fingerprint density at radius 1 is 1.35 bits per heavy atom. The molecule has 106 valence electrons. The summed E-state index contributed by atoms with van der Waals surface area (Å²) in [7, 11) is 0. The van der Waals surface area contributed by atoms with Crippen molar-refractivity contribution in [3.8, 4) is 0 Å². The van der Waals surface area contributed by atoms with Gasteiger partial charge in [0.1, 0.15) is 5.82 Å². The van der Waals surface area contributed by atoms with Crippen LogP contribution in [-0.2, 0) is 11.3 Å². The lowest BCUT2D eigenvalue weighted by Gasteiger charge is -2.08. The van der Waals surface area contributed by atoms with Crippen molar-refractivity contribution in [2.45, 2.75) is 38.1 Å². The normalized spacial score (nSPS) is 14.9. The monoisotopic (exact) mass is 312 g/mol. The fourth-order valence-corrected chi connectivity index (χ4v) is 2.73. The quantitative estimate of drug-likeness (QED) is 0.904. The first-order chi connectivity index (χ1) is 9.56. The van der Waals surface area contributed by atoms with Crippen molar-refractivity contribution in [2.24, 2.45) is 0 Å². The van der Waals surface area contributed by atoms with Crippen LogP contribution in [0, 0.1) is 0 Å². The van der Waals surface area contributed by atoms with Crippen LogP contribution in [0.2, 0.25) is 10.0 Å². The molecule has 1 aromatic carbocycles. The molecule has 4 nitrogen and oxygen atoms in total. The number of benzene rings is 1. The Labute approximate surface area is 126 Å². The number of nitrogens with zero attached hydrogens (tertiary/aromatic N) is 2. The zero-order chi connectivity index (χ0) is 14.3. The number of imidazole rings is 1. The smallest absolute Gasteiger partial charge is 0.303 e. The Hall–Kier alpha value is -1.26. The van der Waals surface area contributed by atoms with Gasteiger partial charge in [-0.2, -0.15) is 0 Å². The van der Waals surface area contributed by atoms with Gasteiger partial charge in [-0.3, -0.25) is 4.79 Å².